The fraction of sp³-hybridized carbons (Fsp3) is 0.188. The highest BCUT2D eigenvalue weighted by Gasteiger charge is 2.22. The minimum absolute atomic E-state index is 0.173. The minimum atomic E-state index is -1.49. The Hall–Kier alpha value is -1.81. The summed E-state index contributed by atoms with van der Waals surface area (Å²) in [5.41, 5.74) is 1.60. The van der Waals surface area contributed by atoms with Crippen molar-refractivity contribution in [2.45, 2.75) is 24.0 Å². The Morgan fingerprint density at radius 3 is 2.15 bits per heavy atom. The van der Waals surface area contributed by atoms with Crippen LogP contribution in [0.1, 0.15) is 22.8 Å². The molecule has 104 valence electrons. The van der Waals surface area contributed by atoms with Crippen molar-refractivity contribution in [3.05, 3.63) is 65.5 Å². The third-order valence-corrected chi connectivity index (χ3v) is 4.67. The highest BCUT2D eigenvalue weighted by Crippen LogP contribution is 2.16. The molecule has 2 aromatic carbocycles. The lowest BCUT2D eigenvalue weighted by atomic mass is 10.1. The van der Waals surface area contributed by atoms with Crippen LogP contribution in [0.5, 0.6) is 0 Å². The Morgan fingerprint density at radius 2 is 1.60 bits per heavy atom. The predicted molar refractivity (Wildman–Crippen MR) is 77.8 cm³/mol. The number of Topliss-reactive ketones (excluding diaryl/α,β-unsaturated/α-hetero) is 1. The summed E-state index contributed by atoms with van der Waals surface area (Å²) in [5.74, 6) is -0.559. The highest BCUT2D eigenvalue weighted by molar-refractivity contribution is 7.86. The minimum Gasteiger partial charge on any atom is -0.293 e. The molecule has 2 unspecified atom stereocenters. The molecule has 0 bridgehead atoms. The summed E-state index contributed by atoms with van der Waals surface area (Å²) in [7, 11) is -1.49. The first kappa shape index (κ1) is 14.6. The Balaban J connectivity index is 2.20. The molecular weight excluding hydrogens is 275 g/mol. The van der Waals surface area contributed by atoms with Gasteiger partial charge in [-0.3, -0.25) is 9.00 Å². The van der Waals surface area contributed by atoms with Crippen molar-refractivity contribution < 1.29 is 13.4 Å². The number of halogens is 1. The van der Waals surface area contributed by atoms with Gasteiger partial charge < -0.3 is 0 Å². The molecule has 2 nitrogen and oxygen atoms in total. The molecule has 0 N–H and O–H groups in total. The molecule has 0 spiro atoms. The van der Waals surface area contributed by atoms with Crippen LogP contribution in [0.3, 0.4) is 0 Å². The average Bonchev–Trinajstić information content (AvgIpc) is 2.46. The molecule has 0 aliphatic carbocycles. The number of carbonyl (C=O) groups excluding carboxylic acids is 1. The summed E-state index contributed by atoms with van der Waals surface area (Å²) >= 11 is 0. The predicted octanol–water partition coefficient (Wildman–Crippen LogP) is 3.51. The van der Waals surface area contributed by atoms with Crippen LogP contribution in [0.2, 0.25) is 0 Å². The first-order chi connectivity index (χ1) is 9.49. The molecule has 0 saturated heterocycles. The molecular formula is C16H15FO2S. The number of benzene rings is 2. The van der Waals surface area contributed by atoms with E-state index in [2.05, 4.69) is 0 Å². The first-order valence-corrected chi connectivity index (χ1v) is 7.47. The quantitative estimate of drug-likeness (QED) is 0.807. The zero-order chi connectivity index (χ0) is 14.7. The smallest absolute Gasteiger partial charge is 0.178 e. The van der Waals surface area contributed by atoms with Crippen LogP contribution >= 0.6 is 0 Å². The molecule has 4 heteroatoms. The van der Waals surface area contributed by atoms with Crippen molar-refractivity contribution >= 4 is 16.6 Å². The Morgan fingerprint density at radius 1 is 1.05 bits per heavy atom. The van der Waals surface area contributed by atoms with Crippen LogP contribution in [0, 0.1) is 12.7 Å². The maximum absolute atomic E-state index is 12.8. The van der Waals surface area contributed by atoms with Crippen molar-refractivity contribution in [1.82, 2.24) is 0 Å². The summed E-state index contributed by atoms with van der Waals surface area (Å²) in [6, 6.07) is 12.6. The fourth-order valence-corrected chi connectivity index (χ4v) is 2.97. The van der Waals surface area contributed by atoms with Gasteiger partial charge in [0.1, 0.15) is 5.82 Å². The van der Waals surface area contributed by atoms with Gasteiger partial charge in [0, 0.05) is 10.5 Å². The van der Waals surface area contributed by atoms with E-state index in [1.54, 1.807) is 19.1 Å². The number of hydrogen-bond donors (Lipinski definition) is 0. The van der Waals surface area contributed by atoms with Crippen LogP contribution in [0.4, 0.5) is 4.39 Å². The average molecular weight is 290 g/mol. The third-order valence-electron chi connectivity index (χ3n) is 3.07. The molecule has 2 atom stereocenters. The van der Waals surface area contributed by atoms with Crippen LogP contribution in [0.25, 0.3) is 0 Å². The summed E-state index contributed by atoms with van der Waals surface area (Å²) in [4.78, 5) is 12.7. The van der Waals surface area contributed by atoms with Gasteiger partial charge in [0.15, 0.2) is 5.78 Å². The second kappa shape index (κ2) is 6.09. The van der Waals surface area contributed by atoms with E-state index in [9.17, 15) is 13.4 Å². The lowest BCUT2D eigenvalue weighted by molar-refractivity contribution is 0.0992. The van der Waals surface area contributed by atoms with Crippen LogP contribution in [0.15, 0.2) is 53.4 Å². The number of ketones is 1. The van der Waals surface area contributed by atoms with E-state index in [1.807, 2.05) is 19.1 Å². The summed E-state index contributed by atoms with van der Waals surface area (Å²) in [5, 5.41) is -0.664. The van der Waals surface area contributed by atoms with Gasteiger partial charge in [-0.05, 0) is 38.1 Å². The largest absolute Gasteiger partial charge is 0.293 e. The van der Waals surface area contributed by atoms with Gasteiger partial charge >= 0.3 is 0 Å². The summed E-state index contributed by atoms with van der Waals surface area (Å²) in [6.07, 6.45) is 0. The second-order valence-corrected chi connectivity index (χ2v) is 6.40. The second-order valence-electron chi connectivity index (χ2n) is 4.62. The van der Waals surface area contributed by atoms with E-state index in [4.69, 9.17) is 0 Å². The molecule has 0 amide bonds. The molecule has 0 radical (unpaired) electrons. The number of hydrogen-bond acceptors (Lipinski definition) is 2. The summed E-state index contributed by atoms with van der Waals surface area (Å²) in [6.45, 7) is 3.57. The molecule has 0 aromatic heterocycles. The highest BCUT2D eigenvalue weighted by atomic mass is 32.2. The Bertz CT molecular complexity index is 575. The van der Waals surface area contributed by atoms with E-state index in [-0.39, 0.29) is 11.6 Å². The first-order valence-electron chi connectivity index (χ1n) is 6.26. The standard InChI is InChI=1S/C16H15FO2S/c1-11-3-5-13(6-4-11)16(18)12(2)20(19)15-9-7-14(17)8-10-15/h3-10,12H,1-2H3. The fourth-order valence-electron chi connectivity index (χ4n) is 1.82. The van der Waals surface area contributed by atoms with Crippen molar-refractivity contribution in [2.24, 2.45) is 0 Å². The third kappa shape index (κ3) is 3.20. The lowest BCUT2D eigenvalue weighted by Gasteiger charge is -2.11. The van der Waals surface area contributed by atoms with Gasteiger partial charge in [-0.25, -0.2) is 4.39 Å². The van der Waals surface area contributed by atoms with Crippen molar-refractivity contribution in [3.63, 3.8) is 0 Å². The van der Waals surface area contributed by atoms with Crippen molar-refractivity contribution in [1.29, 1.82) is 0 Å². The van der Waals surface area contributed by atoms with Crippen molar-refractivity contribution in [2.75, 3.05) is 0 Å². The maximum atomic E-state index is 12.8. The molecule has 0 fully saturated rings. The van der Waals surface area contributed by atoms with E-state index in [0.717, 1.165) is 5.56 Å². The molecule has 0 saturated carbocycles. The maximum Gasteiger partial charge on any atom is 0.178 e. The van der Waals surface area contributed by atoms with E-state index in [0.29, 0.717) is 10.5 Å². The number of carbonyl (C=O) groups is 1. The molecule has 0 heterocycles. The van der Waals surface area contributed by atoms with E-state index in [1.165, 1.54) is 24.3 Å². The SMILES string of the molecule is Cc1ccc(C(=O)C(C)S(=O)c2ccc(F)cc2)cc1. The van der Waals surface area contributed by atoms with Crippen LogP contribution < -0.4 is 0 Å². The normalized spacial score (nSPS) is 13.8. The number of aryl methyl sites for hydroxylation is 1. The number of rotatable bonds is 4. The zero-order valence-electron chi connectivity index (χ0n) is 11.3. The van der Waals surface area contributed by atoms with E-state index < -0.39 is 16.0 Å². The summed E-state index contributed by atoms with van der Waals surface area (Å²) < 4.78 is 25.2. The molecule has 0 aliphatic rings. The Kier molecular flexibility index (Phi) is 4.45. The van der Waals surface area contributed by atoms with Crippen LogP contribution in [-0.4, -0.2) is 15.2 Å². The Labute approximate surface area is 120 Å². The van der Waals surface area contributed by atoms with Crippen LogP contribution in [-0.2, 0) is 10.8 Å². The van der Waals surface area contributed by atoms with Gasteiger partial charge in [-0.2, -0.15) is 0 Å². The molecule has 2 aromatic rings. The molecule has 2 rings (SSSR count). The van der Waals surface area contributed by atoms with Gasteiger partial charge in [-0.15, -0.1) is 0 Å². The van der Waals surface area contributed by atoms with Gasteiger partial charge in [0.25, 0.3) is 0 Å². The van der Waals surface area contributed by atoms with Gasteiger partial charge in [-0.1, -0.05) is 29.8 Å². The van der Waals surface area contributed by atoms with E-state index >= 15 is 0 Å². The topological polar surface area (TPSA) is 34.1 Å². The van der Waals surface area contributed by atoms with Gasteiger partial charge in [0.2, 0.25) is 0 Å². The zero-order valence-corrected chi connectivity index (χ0v) is 12.1. The van der Waals surface area contributed by atoms with Gasteiger partial charge in [0.05, 0.1) is 16.0 Å². The monoisotopic (exact) mass is 290 g/mol. The van der Waals surface area contributed by atoms with Crippen molar-refractivity contribution in [3.8, 4) is 0 Å². The molecule has 20 heavy (non-hydrogen) atoms. The lowest BCUT2D eigenvalue weighted by Crippen LogP contribution is -2.22. The molecule has 0 aliphatic heterocycles.